The number of aromatic nitrogens is 2. The number of fused-ring (bicyclic) bond motifs is 1. The smallest absolute Gasteiger partial charge is 0.420 e. The first-order valence-electron chi connectivity index (χ1n) is 5.43. The predicted octanol–water partition coefficient (Wildman–Crippen LogP) is 3.16. The highest BCUT2D eigenvalue weighted by atomic mass is 79.9. The Labute approximate surface area is 113 Å². The Morgan fingerprint density at radius 1 is 1.44 bits per heavy atom. The number of rotatable bonds is 0. The number of hydrogen-bond acceptors (Lipinski definition) is 4. The molecule has 0 aliphatic rings. The van der Waals surface area contributed by atoms with Gasteiger partial charge in [0.25, 0.3) is 0 Å². The minimum absolute atomic E-state index is 0.470. The van der Waals surface area contributed by atoms with E-state index in [1.807, 2.05) is 20.8 Å². The molecule has 0 bridgehead atoms. The highest BCUT2D eigenvalue weighted by molar-refractivity contribution is 9.10. The van der Waals surface area contributed by atoms with Crippen LogP contribution in [0.4, 0.5) is 10.5 Å². The second-order valence-electron chi connectivity index (χ2n) is 4.96. The first-order chi connectivity index (χ1) is 8.28. The molecule has 2 N–H and O–H groups in total. The molecule has 0 fully saturated rings. The van der Waals surface area contributed by atoms with E-state index in [0.29, 0.717) is 16.7 Å². The zero-order chi connectivity index (χ0) is 13.5. The number of carbonyl (C=O) groups excluding carboxylic acids is 1. The molecule has 2 aromatic rings. The summed E-state index contributed by atoms with van der Waals surface area (Å²) in [6.07, 6.45) is 0.948. The second kappa shape index (κ2) is 4.28. The number of carbonyl (C=O) groups is 1. The Hall–Kier alpha value is -1.56. The number of halogens is 1. The standard InChI is InChI=1S/C12H14BrN3O2/c1-12(2,3)18-11(17)16-6-15-10-8(14)4-7(13)5-9(10)16/h4-6H,14H2,1-3H3. The van der Waals surface area contributed by atoms with Crippen LogP contribution in [0.3, 0.4) is 0 Å². The summed E-state index contributed by atoms with van der Waals surface area (Å²) in [5.41, 5.74) is 7.01. The molecule has 0 unspecified atom stereocenters. The van der Waals surface area contributed by atoms with E-state index in [4.69, 9.17) is 10.5 Å². The molecular weight excluding hydrogens is 298 g/mol. The van der Waals surface area contributed by atoms with E-state index in [9.17, 15) is 4.79 Å². The number of nitrogens with two attached hydrogens (primary N) is 1. The van der Waals surface area contributed by atoms with Gasteiger partial charge in [-0.2, -0.15) is 0 Å². The lowest BCUT2D eigenvalue weighted by Crippen LogP contribution is -2.26. The summed E-state index contributed by atoms with van der Waals surface area (Å²) >= 11 is 3.34. The van der Waals surface area contributed by atoms with Gasteiger partial charge in [-0.1, -0.05) is 15.9 Å². The van der Waals surface area contributed by atoms with Gasteiger partial charge in [-0.05, 0) is 32.9 Å². The highest BCUT2D eigenvalue weighted by Gasteiger charge is 2.20. The second-order valence-corrected chi connectivity index (χ2v) is 5.87. The predicted molar refractivity (Wildman–Crippen MR) is 73.5 cm³/mol. The quantitative estimate of drug-likeness (QED) is 0.759. The van der Waals surface area contributed by atoms with Gasteiger partial charge >= 0.3 is 6.09 Å². The first-order valence-corrected chi connectivity index (χ1v) is 6.22. The molecule has 0 radical (unpaired) electrons. The molecule has 0 amide bonds. The van der Waals surface area contributed by atoms with Crippen molar-refractivity contribution in [1.82, 2.24) is 9.55 Å². The van der Waals surface area contributed by atoms with E-state index in [2.05, 4.69) is 20.9 Å². The summed E-state index contributed by atoms with van der Waals surface area (Å²) < 4.78 is 7.44. The van der Waals surface area contributed by atoms with Crippen molar-refractivity contribution in [1.29, 1.82) is 0 Å². The van der Waals surface area contributed by atoms with E-state index in [0.717, 1.165) is 4.47 Å². The van der Waals surface area contributed by atoms with Crippen molar-refractivity contribution in [2.24, 2.45) is 0 Å². The Morgan fingerprint density at radius 2 is 2.11 bits per heavy atom. The monoisotopic (exact) mass is 311 g/mol. The van der Waals surface area contributed by atoms with Gasteiger partial charge in [0.2, 0.25) is 0 Å². The molecule has 0 saturated carbocycles. The number of ether oxygens (including phenoxy) is 1. The zero-order valence-corrected chi connectivity index (χ0v) is 12.0. The van der Waals surface area contributed by atoms with Crippen LogP contribution in [0.5, 0.6) is 0 Å². The summed E-state index contributed by atoms with van der Waals surface area (Å²) in [6.45, 7) is 5.44. The topological polar surface area (TPSA) is 70.1 Å². The third kappa shape index (κ3) is 2.48. The maximum atomic E-state index is 12.0. The van der Waals surface area contributed by atoms with Crippen LogP contribution in [-0.2, 0) is 4.74 Å². The molecular formula is C12H14BrN3O2. The normalized spacial score (nSPS) is 11.8. The number of hydrogen-bond donors (Lipinski definition) is 1. The van der Waals surface area contributed by atoms with E-state index < -0.39 is 11.7 Å². The minimum atomic E-state index is -0.550. The van der Waals surface area contributed by atoms with Crippen LogP contribution in [0, 0.1) is 0 Å². The van der Waals surface area contributed by atoms with Crippen molar-refractivity contribution in [2.75, 3.05) is 5.73 Å². The maximum Gasteiger partial charge on any atom is 0.420 e. The van der Waals surface area contributed by atoms with Crippen molar-refractivity contribution in [2.45, 2.75) is 26.4 Å². The average molecular weight is 312 g/mol. The molecule has 6 heteroatoms. The van der Waals surface area contributed by atoms with Crippen LogP contribution < -0.4 is 5.73 Å². The average Bonchev–Trinajstić information content (AvgIpc) is 2.58. The Kier molecular flexibility index (Phi) is 3.06. The summed E-state index contributed by atoms with van der Waals surface area (Å²) in [7, 11) is 0. The summed E-state index contributed by atoms with van der Waals surface area (Å²) in [6, 6.07) is 3.53. The van der Waals surface area contributed by atoms with Gasteiger partial charge in [0.05, 0.1) is 11.2 Å². The molecule has 96 valence electrons. The number of imidazole rings is 1. The molecule has 5 nitrogen and oxygen atoms in total. The first kappa shape index (κ1) is 12.9. The maximum absolute atomic E-state index is 12.0. The fourth-order valence-corrected chi connectivity index (χ4v) is 2.03. The lowest BCUT2D eigenvalue weighted by Gasteiger charge is -2.19. The minimum Gasteiger partial charge on any atom is -0.443 e. The van der Waals surface area contributed by atoms with E-state index in [1.54, 1.807) is 12.1 Å². The van der Waals surface area contributed by atoms with Crippen molar-refractivity contribution >= 4 is 38.7 Å². The van der Waals surface area contributed by atoms with E-state index >= 15 is 0 Å². The Bertz CT molecular complexity index is 614. The highest BCUT2D eigenvalue weighted by Crippen LogP contribution is 2.25. The van der Waals surface area contributed by atoms with Gasteiger partial charge in [-0.15, -0.1) is 0 Å². The Morgan fingerprint density at radius 3 is 2.72 bits per heavy atom. The summed E-state index contributed by atoms with van der Waals surface area (Å²) in [4.78, 5) is 16.1. The molecule has 2 rings (SSSR count). The van der Waals surface area contributed by atoms with Gasteiger partial charge < -0.3 is 10.5 Å². The van der Waals surface area contributed by atoms with Crippen LogP contribution in [0.1, 0.15) is 20.8 Å². The van der Waals surface area contributed by atoms with Crippen LogP contribution in [0.2, 0.25) is 0 Å². The summed E-state index contributed by atoms with van der Waals surface area (Å²) in [5, 5.41) is 0. The third-order valence-corrected chi connectivity index (χ3v) is 2.69. The zero-order valence-electron chi connectivity index (χ0n) is 10.4. The van der Waals surface area contributed by atoms with Crippen LogP contribution in [0.15, 0.2) is 22.9 Å². The summed E-state index contributed by atoms with van der Waals surface area (Å²) in [5.74, 6) is 0. The molecule has 0 saturated heterocycles. The third-order valence-electron chi connectivity index (χ3n) is 2.24. The number of nitrogens with zero attached hydrogens (tertiary/aromatic N) is 2. The van der Waals surface area contributed by atoms with Gasteiger partial charge in [0.1, 0.15) is 17.4 Å². The number of benzene rings is 1. The fourth-order valence-electron chi connectivity index (χ4n) is 1.56. The molecule has 1 aromatic carbocycles. The van der Waals surface area contributed by atoms with Crippen molar-refractivity contribution in [3.63, 3.8) is 0 Å². The van der Waals surface area contributed by atoms with Crippen molar-refractivity contribution in [3.05, 3.63) is 22.9 Å². The fraction of sp³-hybridized carbons (Fsp3) is 0.333. The lowest BCUT2D eigenvalue weighted by atomic mass is 10.2. The molecule has 1 aromatic heterocycles. The number of anilines is 1. The molecule has 18 heavy (non-hydrogen) atoms. The Balaban J connectivity index is 2.49. The van der Waals surface area contributed by atoms with Crippen LogP contribution >= 0.6 is 15.9 Å². The van der Waals surface area contributed by atoms with Crippen molar-refractivity contribution < 1.29 is 9.53 Å². The molecule has 0 spiro atoms. The SMILES string of the molecule is CC(C)(C)OC(=O)n1cnc2c(N)cc(Br)cc21. The van der Waals surface area contributed by atoms with Crippen molar-refractivity contribution in [3.8, 4) is 0 Å². The number of nitrogen functional groups attached to an aromatic ring is 1. The largest absolute Gasteiger partial charge is 0.443 e. The molecule has 0 atom stereocenters. The van der Waals surface area contributed by atoms with Gasteiger partial charge in [0, 0.05) is 4.47 Å². The molecule has 0 aliphatic carbocycles. The van der Waals surface area contributed by atoms with Crippen LogP contribution in [-0.4, -0.2) is 21.2 Å². The van der Waals surface area contributed by atoms with Crippen LogP contribution in [0.25, 0.3) is 11.0 Å². The van der Waals surface area contributed by atoms with Gasteiger partial charge in [-0.25, -0.2) is 14.3 Å². The van der Waals surface area contributed by atoms with Gasteiger partial charge in [-0.3, -0.25) is 0 Å². The van der Waals surface area contributed by atoms with Gasteiger partial charge in [0.15, 0.2) is 0 Å². The van der Waals surface area contributed by atoms with E-state index in [1.165, 1.54) is 10.9 Å². The molecule has 0 aliphatic heterocycles. The lowest BCUT2D eigenvalue weighted by molar-refractivity contribution is 0.0543. The van der Waals surface area contributed by atoms with E-state index in [-0.39, 0.29) is 0 Å². The molecule has 1 heterocycles.